The highest BCUT2D eigenvalue weighted by atomic mass is 16.2. The molecule has 1 unspecified atom stereocenters. The Kier molecular flexibility index (Phi) is 7.01. The van der Waals surface area contributed by atoms with Crippen molar-refractivity contribution in [3.05, 3.63) is 76.7 Å². The highest BCUT2D eigenvalue weighted by Gasteiger charge is 2.25. The number of amides is 1. The van der Waals surface area contributed by atoms with Crippen molar-refractivity contribution in [2.24, 2.45) is 5.73 Å². The number of anilines is 2. The summed E-state index contributed by atoms with van der Waals surface area (Å²) in [5, 5.41) is 6.59. The Balaban J connectivity index is 1.48. The fourth-order valence-electron chi connectivity index (χ4n) is 5.23. The van der Waals surface area contributed by atoms with E-state index in [9.17, 15) is 9.59 Å². The van der Waals surface area contributed by atoms with Crippen LogP contribution >= 0.6 is 0 Å². The Morgan fingerprint density at radius 2 is 2.03 bits per heavy atom. The summed E-state index contributed by atoms with van der Waals surface area (Å²) in [6.45, 7) is 5.54. The standard InChI is InChI=1S/C29H32N6O2/c1-18-3-4-22(16-32-18)26-14-21-7-10-31-27(17-36)28(21)29(34-26)33-24-5-6-25(23(13-24)15-30)20-8-11-35(12-9-20)19(2)37/h3-7,10,13-14,16-17,20,27,31H,8-9,11-12,15,30H2,1-2H3,(H,33,34). The van der Waals surface area contributed by atoms with Gasteiger partial charge in [-0.2, -0.15) is 0 Å². The summed E-state index contributed by atoms with van der Waals surface area (Å²) in [6, 6.07) is 11.7. The lowest BCUT2D eigenvalue weighted by Crippen LogP contribution is -2.36. The molecule has 0 bridgehead atoms. The van der Waals surface area contributed by atoms with Crippen molar-refractivity contribution in [2.45, 2.75) is 45.2 Å². The number of nitrogens with one attached hydrogen (secondary N) is 2. The first kappa shape index (κ1) is 24.6. The second-order valence-electron chi connectivity index (χ2n) is 9.68. The molecule has 2 aliphatic rings. The zero-order valence-electron chi connectivity index (χ0n) is 21.2. The maximum Gasteiger partial charge on any atom is 0.219 e. The molecule has 0 aliphatic carbocycles. The molecule has 0 radical (unpaired) electrons. The summed E-state index contributed by atoms with van der Waals surface area (Å²) in [6.07, 6.45) is 8.31. The molecule has 0 saturated carbocycles. The van der Waals surface area contributed by atoms with Gasteiger partial charge in [-0.25, -0.2) is 4.98 Å². The molecule has 8 nitrogen and oxygen atoms in total. The fraction of sp³-hybridized carbons (Fsp3) is 0.310. The van der Waals surface area contributed by atoms with Gasteiger partial charge in [-0.1, -0.05) is 6.07 Å². The molecule has 4 heterocycles. The molecule has 5 rings (SSSR count). The number of nitrogens with zero attached hydrogens (tertiary/aromatic N) is 3. The summed E-state index contributed by atoms with van der Waals surface area (Å²) in [5.74, 6) is 1.13. The van der Waals surface area contributed by atoms with Crippen molar-refractivity contribution in [1.29, 1.82) is 0 Å². The molecule has 2 aromatic heterocycles. The van der Waals surface area contributed by atoms with Gasteiger partial charge in [0.05, 0.1) is 5.69 Å². The average molecular weight is 497 g/mol. The van der Waals surface area contributed by atoms with Gasteiger partial charge in [0.25, 0.3) is 0 Å². The van der Waals surface area contributed by atoms with E-state index in [4.69, 9.17) is 10.7 Å². The second kappa shape index (κ2) is 10.5. The van der Waals surface area contributed by atoms with Crippen molar-refractivity contribution >= 4 is 29.8 Å². The van der Waals surface area contributed by atoms with Gasteiger partial charge in [-0.3, -0.25) is 9.78 Å². The van der Waals surface area contributed by atoms with E-state index in [0.717, 1.165) is 71.5 Å². The van der Waals surface area contributed by atoms with Crippen LogP contribution in [-0.4, -0.2) is 40.2 Å². The molecule has 1 fully saturated rings. The third-order valence-corrected chi connectivity index (χ3v) is 7.29. The van der Waals surface area contributed by atoms with Crippen molar-refractivity contribution in [3.8, 4) is 11.3 Å². The highest BCUT2D eigenvalue weighted by molar-refractivity contribution is 5.80. The molecule has 0 spiro atoms. The van der Waals surface area contributed by atoms with E-state index in [1.54, 1.807) is 13.1 Å². The number of rotatable bonds is 6. The smallest absolute Gasteiger partial charge is 0.219 e. The molecule has 190 valence electrons. The zero-order valence-corrected chi connectivity index (χ0v) is 21.2. The van der Waals surface area contributed by atoms with Crippen LogP contribution in [0.1, 0.15) is 59.7 Å². The van der Waals surface area contributed by atoms with E-state index in [1.165, 1.54) is 5.56 Å². The Morgan fingerprint density at radius 3 is 2.70 bits per heavy atom. The number of benzene rings is 1. The normalized spacial score (nSPS) is 17.2. The first-order valence-electron chi connectivity index (χ1n) is 12.7. The average Bonchev–Trinajstić information content (AvgIpc) is 2.93. The van der Waals surface area contributed by atoms with Crippen LogP contribution in [0.25, 0.3) is 17.3 Å². The predicted octanol–water partition coefficient (Wildman–Crippen LogP) is 4.19. The Hall–Kier alpha value is -4.04. The third-order valence-electron chi connectivity index (χ3n) is 7.29. The first-order valence-corrected chi connectivity index (χ1v) is 12.7. The van der Waals surface area contributed by atoms with E-state index >= 15 is 0 Å². The Morgan fingerprint density at radius 1 is 1.22 bits per heavy atom. The Labute approximate surface area is 217 Å². The van der Waals surface area contributed by atoms with Gasteiger partial charge in [-0.05, 0) is 85.0 Å². The molecule has 1 aromatic carbocycles. The number of carbonyl (C=O) groups is 2. The predicted molar refractivity (Wildman–Crippen MR) is 145 cm³/mol. The summed E-state index contributed by atoms with van der Waals surface area (Å²) in [4.78, 5) is 34.9. The lowest BCUT2D eigenvalue weighted by Gasteiger charge is -2.32. The number of aryl methyl sites for hydroxylation is 1. The van der Waals surface area contributed by atoms with Crippen LogP contribution < -0.4 is 16.4 Å². The lowest BCUT2D eigenvalue weighted by atomic mass is 9.86. The molecule has 2 aliphatic heterocycles. The minimum Gasteiger partial charge on any atom is -0.378 e. The molecule has 4 N–H and O–H groups in total. The van der Waals surface area contributed by atoms with Crippen LogP contribution in [0.4, 0.5) is 11.5 Å². The van der Waals surface area contributed by atoms with E-state index < -0.39 is 6.04 Å². The number of aromatic nitrogens is 2. The van der Waals surface area contributed by atoms with Gasteiger partial charge in [0, 0.05) is 55.3 Å². The largest absolute Gasteiger partial charge is 0.378 e. The Bertz CT molecular complexity index is 1340. The van der Waals surface area contributed by atoms with E-state index in [2.05, 4.69) is 27.8 Å². The highest BCUT2D eigenvalue weighted by Crippen LogP contribution is 2.36. The summed E-state index contributed by atoms with van der Waals surface area (Å²) < 4.78 is 0. The van der Waals surface area contributed by atoms with E-state index in [-0.39, 0.29) is 5.91 Å². The maximum atomic E-state index is 11.9. The molecule has 3 aromatic rings. The van der Waals surface area contributed by atoms with Crippen molar-refractivity contribution in [2.75, 3.05) is 18.4 Å². The number of carbonyl (C=O) groups excluding carboxylic acids is 2. The number of piperidine rings is 1. The minimum absolute atomic E-state index is 0.134. The van der Waals surface area contributed by atoms with Gasteiger partial charge in [0.15, 0.2) is 0 Å². The molecule has 37 heavy (non-hydrogen) atoms. The lowest BCUT2D eigenvalue weighted by molar-refractivity contribution is -0.129. The van der Waals surface area contributed by atoms with Gasteiger partial charge in [0.1, 0.15) is 18.1 Å². The minimum atomic E-state index is -0.500. The molecular weight excluding hydrogens is 464 g/mol. The van der Waals surface area contributed by atoms with Crippen molar-refractivity contribution in [3.63, 3.8) is 0 Å². The van der Waals surface area contributed by atoms with Crippen LogP contribution in [-0.2, 0) is 16.1 Å². The zero-order chi connectivity index (χ0) is 25.9. The number of nitrogens with two attached hydrogens (primary N) is 1. The SMILES string of the molecule is CC(=O)N1CCC(c2ccc(Nc3nc(-c4ccc(C)nc4)cc4c3C(C=O)NC=C4)cc2CN)CC1. The number of pyridine rings is 2. The van der Waals surface area contributed by atoms with Crippen LogP contribution in [0.2, 0.25) is 0 Å². The van der Waals surface area contributed by atoms with E-state index in [1.807, 2.05) is 48.4 Å². The van der Waals surface area contributed by atoms with Crippen LogP contribution in [0.15, 0.2) is 48.8 Å². The molecule has 1 amide bonds. The summed E-state index contributed by atoms with van der Waals surface area (Å²) >= 11 is 0. The van der Waals surface area contributed by atoms with Crippen molar-refractivity contribution < 1.29 is 9.59 Å². The quantitative estimate of drug-likeness (QED) is 0.439. The van der Waals surface area contributed by atoms with Crippen LogP contribution in [0.3, 0.4) is 0 Å². The second-order valence-corrected chi connectivity index (χ2v) is 9.68. The van der Waals surface area contributed by atoms with Gasteiger partial charge >= 0.3 is 0 Å². The van der Waals surface area contributed by atoms with E-state index in [0.29, 0.717) is 18.3 Å². The number of fused-ring (bicyclic) bond motifs is 1. The summed E-state index contributed by atoms with van der Waals surface area (Å²) in [5.41, 5.74) is 13.7. The number of aldehydes is 1. The van der Waals surface area contributed by atoms with Gasteiger partial charge < -0.3 is 26.1 Å². The van der Waals surface area contributed by atoms with Crippen LogP contribution in [0.5, 0.6) is 0 Å². The maximum absolute atomic E-state index is 11.9. The first-order chi connectivity index (χ1) is 18.0. The third kappa shape index (κ3) is 5.11. The molecule has 1 atom stereocenters. The monoisotopic (exact) mass is 496 g/mol. The number of hydrogen-bond donors (Lipinski definition) is 3. The number of hydrogen-bond acceptors (Lipinski definition) is 7. The topological polar surface area (TPSA) is 113 Å². The van der Waals surface area contributed by atoms with Crippen molar-refractivity contribution in [1.82, 2.24) is 20.2 Å². The number of likely N-dealkylation sites (tertiary alicyclic amines) is 1. The van der Waals surface area contributed by atoms with Crippen LogP contribution in [0, 0.1) is 6.92 Å². The van der Waals surface area contributed by atoms with Gasteiger partial charge in [-0.15, -0.1) is 0 Å². The fourth-order valence-corrected chi connectivity index (χ4v) is 5.23. The summed E-state index contributed by atoms with van der Waals surface area (Å²) in [7, 11) is 0. The molecule has 8 heteroatoms. The molecular formula is C29H32N6O2. The van der Waals surface area contributed by atoms with Gasteiger partial charge in [0.2, 0.25) is 5.91 Å². The molecule has 1 saturated heterocycles.